The van der Waals surface area contributed by atoms with Gasteiger partial charge in [-0.15, -0.1) is 11.3 Å². The van der Waals surface area contributed by atoms with Gasteiger partial charge < -0.3 is 10.00 Å². The van der Waals surface area contributed by atoms with Gasteiger partial charge in [-0.05, 0) is 11.4 Å². The number of rotatable bonds is 2. The first-order valence-electron chi connectivity index (χ1n) is 5.42. The van der Waals surface area contributed by atoms with Gasteiger partial charge in [0.2, 0.25) is 0 Å². The fourth-order valence-electron chi connectivity index (χ4n) is 1.53. The lowest BCUT2D eigenvalue weighted by atomic mass is 9.97. The molecule has 0 radical (unpaired) electrons. The molecule has 1 N–H and O–H groups in total. The molecule has 0 unspecified atom stereocenters. The highest BCUT2D eigenvalue weighted by molar-refractivity contribution is 7.60. The SMILES string of the molecule is CC1(C)CO[P+]([O-])([C@@](C)(O)c2cccs2)OC1. The van der Waals surface area contributed by atoms with Gasteiger partial charge in [0.15, 0.2) is 0 Å². The first-order chi connectivity index (χ1) is 7.77. The van der Waals surface area contributed by atoms with Crippen LogP contribution >= 0.6 is 19.3 Å². The summed E-state index contributed by atoms with van der Waals surface area (Å²) in [6.07, 6.45) is 0. The highest BCUT2D eigenvalue weighted by Gasteiger charge is 2.56. The van der Waals surface area contributed by atoms with Crippen LogP contribution in [0.5, 0.6) is 0 Å². The molecule has 96 valence electrons. The predicted octanol–water partition coefficient (Wildman–Crippen LogP) is 2.11. The Morgan fingerprint density at radius 3 is 2.53 bits per heavy atom. The zero-order valence-electron chi connectivity index (χ0n) is 10.2. The molecule has 6 heteroatoms. The third-order valence-electron chi connectivity index (χ3n) is 2.77. The predicted molar refractivity (Wildman–Crippen MR) is 66.5 cm³/mol. The summed E-state index contributed by atoms with van der Waals surface area (Å²) in [7, 11) is -3.52. The normalized spacial score (nSPS) is 26.4. The molecule has 0 amide bonds. The van der Waals surface area contributed by atoms with Crippen LogP contribution in [0.2, 0.25) is 0 Å². The van der Waals surface area contributed by atoms with Gasteiger partial charge in [0.05, 0.1) is 4.88 Å². The summed E-state index contributed by atoms with van der Waals surface area (Å²) in [6, 6.07) is 3.53. The zero-order valence-corrected chi connectivity index (χ0v) is 11.9. The monoisotopic (exact) mass is 276 g/mol. The van der Waals surface area contributed by atoms with Crippen molar-refractivity contribution in [2.45, 2.75) is 26.1 Å². The molecular weight excluding hydrogens is 259 g/mol. The van der Waals surface area contributed by atoms with E-state index < -0.39 is 13.3 Å². The lowest BCUT2D eigenvalue weighted by molar-refractivity contribution is -0.251. The van der Waals surface area contributed by atoms with Crippen molar-refractivity contribution in [2.24, 2.45) is 5.41 Å². The van der Waals surface area contributed by atoms with E-state index in [1.54, 1.807) is 12.1 Å². The van der Waals surface area contributed by atoms with Crippen molar-refractivity contribution in [2.75, 3.05) is 13.2 Å². The van der Waals surface area contributed by atoms with Gasteiger partial charge in [0, 0.05) is 12.3 Å². The summed E-state index contributed by atoms with van der Waals surface area (Å²) >= 11 is 1.34. The highest BCUT2D eigenvalue weighted by atomic mass is 32.1. The number of hydrogen-bond donors (Lipinski definition) is 1. The van der Waals surface area contributed by atoms with Gasteiger partial charge in [0.1, 0.15) is 13.2 Å². The second kappa shape index (κ2) is 4.26. The molecule has 1 aromatic heterocycles. The average molecular weight is 276 g/mol. The topological polar surface area (TPSA) is 61.8 Å². The maximum atomic E-state index is 12.6. The molecule has 4 nitrogen and oxygen atoms in total. The highest BCUT2D eigenvalue weighted by Crippen LogP contribution is 2.69. The minimum absolute atomic E-state index is 0.167. The summed E-state index contributed by atoms with van der Waals surface area (Å²) in [5, 5.41) is 10.7. The van der Waals surface area contributed by atoms with E-state index in [2.05, 4.69) is 0 Å². The second-order valence-corrected chi connectivity index (χ2v) is 8.54. The van der Waals surface area contributed by atoms with Crippen LogP contribution in [0, 0.1) is 5.41 Å². The van der Waals surface area contributed by atoms with Gasteiger partial charge in [-0.25, -0.2) is 9.05 Å². The van der Waals surface area contributed by atoms with E-state index in [1.165, 1.54) is 18.3 Å². The number of hydrogen-bond acceptors (Lipinski definition) is 5. The van der Waals surface area contributed by atoms with Crippen LogP contribution in [0.15, 0.2) is 17.5 Å². The maximum absolute atomic E-state index is 12.6. The molecule has 0 aliphatic carbocycles. The lowest BCUT2D eigenvalue weighted by Gasteiger charge is -2.43. The van der Waals surface area contributed by atoms with Crippen LogP contribution in [0.3, 0.4) is 0 Å². The van der Waals surface area contributed by atoms with Crippen molar-refractivity contribution in [1.29, 1.82) is 0 Å². The van der Waals surface area contributed by atoms with Crippen molar-refractivity contribution >= 4 is 19.3 Å². The molecule has 17 heavy (non-hydrogen) atoms. The average Bonchev–Trinajstić information content (AvgIpc) is 2.76. The van der Waals surface area contributed by atoms with E-state index in [0.717, 1.165) is 0 Å². The van der Waals surface area contributed by atoms with E-state index in [-0.39, 0.29) is 5.41 Å². The van der Waals surface area contributed by atoms with Crippen LogP contribution < -0.4 is 4.89 Å². The van der Waals surface area contributed by atoms with Gasteiger partial charge in [-0.2, -0.15) is 0 Å². The van der Waals surface area contributed by atoms with Crippen molar-refractivity contribution < 1.29 is 19.0 Å². The molecule has 1 aliphatic heterocycles. The fraction of sp³-hybridized carbons (Fsp3) is 0.636. The molecule has 0 spiro atoms. The summed E-state index contributed by atoms with van der Waals surface area (Å²) in [6.45, 7) is 6.07. The van der Waals surface area contributed by atoms with Crippen LogP contribution in [0.4, 0.5) is 0 Å². The molecule has 0 bridgehead atoms. The van der Waals surface area contributed by atoms with Gasteiger partial charge in [-0.3, -0.25) is 0 Å². The Balaban J connectivity index is 2.22. The third-order valence-corrected chi connectivity index (χ3v) is 6.25. The van der Waals surface area contributed by atoms with Gasteiger partial charge in [-0.1, -0.05) is 19.9 Å². The molecule has 1 fully saturated rings. The Morgan fingerprint density at radius 1 is 1.47 bits per heavy atom. The van der Waals surface area contributed by atoms with Crippen molar-refractivity contribution in [3.63, 3.8) is 0 Å². The molecule has 0 saturated carbocycles. The van der Waals surface area contributed by atoms with Crippen LogP contribution in [0.25, 0.3) is 0 Å². The Labute approximate surface area is 106 Å². The van der Waals surface area contributed by atoms with Crippen molar-refractivity contribution in [3.05, 3.63) is 22.4 Å². The number of aliphatic hydroxyl groups is 1. The molecule has 1 atom stereocenters. The fourth-order valence-corrected chi connectivity index (χ4v) is 4.67. The Kier molecular flexibility index (Phi) is 3.36. The lowest BCUT2D eigenvalue weighted by Crippen LogP contribution is -2.42. The molecule has 1 saturated heterocycles. The zero-order chi connectivity index (χ0) is 12.7. The Hall–Kier alpha value is -0.0300. The molecule has 2 heterocycles. The molecule has 0 aromatic carbocycles. The summed E-state index contributed by atoms with van der Waals surface area (Å²) < 4.78 is 10.7. The quantitative estimate of drug-likeness (QED) is 0.840. The largest absolute Gasteiger partial charge is 0.629 e. The van der Waals surface area contributed by atoms with E-state index >= 15 is 0 Å². The van der Waals surface area contributed by atoms with Crippen LogP contribution in [-0.2, 0) is 14.4 Å². The van der Waals surface area contributed by atoms with Crippen LogP contribution in [0.1, 0.15) is 25.6 Å². The summed E-state index contributed by atoms with van der Waals surface area (Å²) in [5.74, 6) is 0. The molecule has 1 aromatic rings. The van der Waals surface area contributed by atoms with Crippen LogP contribution in [-0.4, -0.2) is 18.3 Å². The first-order valence-corrected chi connectivity index (χ1v) is 7.85. The minimum Gasteiger partial charge on any atom is -0.629 e. The molecule has 1 aliphatic rings. The van der Waals surface area contributed by atoms with Crippen molar-refractivity contribution in [3.8, 4) is 0 Å². The second-order valence-electron chi connectivity index (χ2n) is 5.21. The molecular formula is C11H17O4PS. The van der Waals surface area contributed by atoms with Gasteiger partial charge in [0.25, 0.3) is 13.3 Å². The van der Waals surface area contributed by atoms with E-state index in [0.29, 0.717) is 18.1 Å². The van der Waals surface area contributed by atoms with Crippen molar-refractivity contribution in [1.82, 2.24) is 0 Å². The summed E-state index contributed by atoms with van der Waals surface area (Å²) in [4.78, 5) is 13.2. The standard InChI is InChI=1S/C11H17O4PS/c1-10(2)7-14-16(13,15-8-10)11(3,12)9-5-4-6-17-9/h4-6,12H,7-8H2,1-3H3/t11-/m1/s1. The van der Waals surface area contributed by atoms with E-state index in [9.17, 15) is 10.00 Å². The molecule has 2 rings (SSSR count). The minimum atomic E-state index is -3.52. The maximum Gasteiger partial charge on any atom is 0.275 e. The number of thiophene rings is 1. The Morgan fingerprint density at radius 2 is 2.06 bits per heavy atom. The van der Waals surface area contributed by atoms with E-state index in [4.69, 9.17) is 9.05 Å². The smallest absolute Gasteiger partial charge is 0.275 e. The van der Waals surface area contributed by atoms with E-state index in [1.807, 2.05) is 19.2 Å². The third kappa shape index (κ3) is 2.41. The first kappa shape index (κ1) is 13.4. The Bertz CT molecular complexity index is 378. The summed E-state index contributed by atoms with van der Waals surface area (Å²) in [5.41, 5.74) is -0.167. The van der Waals surface area contributed by atoms with Gasteiger partial charge >= 0.3 is 0 Å².